The highest BCUT2D eigenvalue weighted by Crippen LogP contribution is 2.52. The molecule has 2 aromatic heterocycles. The monoisotopic (exact) mass is 1090 g/mol. The molecule has 15 rings (SSSR count). The Morgan fingerprint density at radius 1 is 0.415 bits per heavy atom. The van der Waals surface area contributed by atoms with Crippen LogP contribution >= 0.6 is 0 Å². The van der Waals surface area contributed by atoms with E-state index in [2.05, 4.69) is 203 Å². The Morgan fingerprint density at radius 2 is 0.720 bits per heavy atom. The topological polar surface area (TPSA) is 175 Å². The van der Waals surface area contributed by atoms with Gasteiger partial charge in [0.05, 0.1) is 33.4 Å². The summed E-state index contributed by atoms with van der Waals surface area (Å²) in [7, 11) is 0. The number of rotatable bonds is 0. The van der Waals surface area contributed by atoms with Crippen LogP contribution in [0.5, 0.6) is 0 Å². The SMILES string of the molecule is CC.CCC.CCC.CCC.CCC.CCC.CCC.N#Cc1ccccc1C#N.N=C1N=C(N)c2ccccc21.c1ccc2c(c1)C1=Nc3c4ccccc4c4n3C35n6c(c7ccccc7c6=NC6=[N+]3C(=N4)c3ccccc36)=NC2=[N+]15. The van der Waals surface area contributed by atoms with Gasteiger partial charge in [0.2, 0.25) is 22.6 Å². The zero-order valence-electron chi connectivity index (χ0n) is 50.6. The Morgan fingerprint density at radius 3 is 1.07 bits per heavy atom. The maximum atomic E-state index is 8.45. The molecule has 0 atom stereocenters. The first-order valence-electron chi connectivity index (χ1n) is 29.4. The lowest BCUT2D eigenvalue weighted by Crippen LogP contribution is -2.71. The van der Waals surface area contributed by atoms with E-state index in [0.29, 0.717) is 17.0 Å². The molecule has 82 heavy (non-hydrogen) atoms. The Labute approximate surface area is 485 Å². The predicted molar refractivity (Wildman–Crippen MR) is 341 cm³/mol. The summed E-state index contributed by atoms with van der Waals surface area (Å²) < 4.78 is 9.32. The first-order chi connectivity index (χ1) is 40.0. The molecule has 420 valence electrons. The van der Waals surface area contributed by atoms with Crippen LogP contribution in [0, 0.1) is 28.1 Å². The van der Waals surface area contributed by atoms with Crippen LogP contribution < -0.4 is 16.7 Å². The fraction of sp³-hybridized carbons (Fsp3) is 0.304. The highest BCUT2D eigenvalue weighted by Gasteiger charge is 2.69. The molecule has 0 fully saturated rings. The summed E-state index contributed by atoms with van der Waals surface area (Å²) in [4.78, 5) is 25.5. The lowest BCUT2D eigenvalue weighted by atomic mass is 10.1. The van der Waals surface area contributed by atoms with E-state index in [-0.39, 0.29) is 5.84 Å². The van der Waals surface area contributed by atoms with E-state index < -0.39 is 5.91 Å². The standard InChI is InChI=1S/C33H16N8.C8H7N3.C8H4N2.6C3H8.C2H6/c1-2-10-18-17(9-1)25-34-27-19-11-3-4-12-20(19)29-36-31-23-15-7-8-16-24(23)32-37-30-22-14-6-5-13-21(22)28-35-26(18)38(25)33(39(27)29,40(28)30)41(31)32;9-7-5-3-1-2-4-6(5)8(10)11-7;9-5-7-3-1-2-4-8(7)6-10;6*1-3-2;1-2/h1-16H;1-4H,(H3,9,10,11);1-4H;6*3H2,1-2H3;1-2H3/q+2;;;;;;;;;. The number of benzene rings is 6. The van der Waals surface area contributed by atoms with Gasteiger partial charge in [-0.25, -0.2) is 4.99 Å². The molecule has 0 radical (unpaired) electrons. The van der Waals surface area contributed by atoms with Gasteiger partial charge in [0.25, 0.3) is 23.3 Å². The number of amidine groups is 6. The number of nitriles is 2. The van der Waals surface area contributed by atoms with Crippen LogP contribution in [0.4, 0.5) is 11.6 Å². The molecule has 7 aliphatic heterocycles. The van der Waals surface area contributed by atoms with E-state index in [0.717, 1.165) is 101 Å². The quantitative estimate of drug-likeness (QED) is 0.144. The van der Waals surface area contributed by atoms with Crippen LogP contribution in [0.1, 0.15) is 180 Å². The number of nitrogens with zero attached hydrogens (tertiary/aromatic N) is 11. The molecule has 1 spiro atoms. The average Bonchev–Trinajstić information content (AvgIpc) is 1.48. The number of aromatic nitrogens is 2. The number of aliphatic imine (C=N–C) groups is 3. The van der Waals surface area contributed by atoms with Crippen molar-refractivity contribution in [3.05, 3.63) is 201 Å². The lowest BCUT2D eigenvalue weighted by Gasteiger charge is -2.40. The Kier molecular flexibility index (Phi) is 21.8. The van der Waals surface area contributed by atoms with Gasteiger partial charge in [0.1, 0.15) is 18.0 Å². The second-order valence-corrected chi connectivity index (χ2v) is 19.6. The minimum Gasteiger partial charge on any atom is -0.383 e. The molecule has 0 aliphatic carbocycles. The van der Waals surface area contributed by atoms with Crippen LogP contribution in [-0.2, 0) is 5.91 Å². The van der Waals surface area contributed by atoms with Gasteiger partial charge in [0, 0.05) is 32.7 Å². The van der Waals surface area contributed by atoms with Crippen LogP contribution in [0.25, 0.3) is 21.5 Å². The molecule has 0 saturated carbocycles. The molecule has 0 unspecified atom stereocenters. The number of hydrogen-bond donors (Lipinski definition) is 2. The molecule has 8 aromatic rings. The first-order valence-corrected chi connectivity index (χ1v) is 29.4. The molecule has 3 N–H and O–H groups in total. The minimum atomic E-state index is -0.923. The Hall–Kier alpha value is -9.20. The van der Waals surface area contributed by atoms with Gasteiger partial charge in [-0.15, -0.1) is 9.15 Å². The van der Waals surface area contributed by atoms with Crippen molar-refractivity contribution >= 4 is 68.2 Å². The third kappa shape index (κ3) is 11.0. The molecule has 0 bridgehead atoms. The van der Waals surface area contributed by atoms with Crippen molar-refractivity contribution in [2.45, 2.75) is 141 Å². The zero-order chi connectivity index (χ0) is 59.7. The summed E-state index contributed by atoms with van der Waals surface area (Å²) in [6.45, 7) is 29.5. The maximum Gasteiger partial charge on any atom is 0.404 e. The second-order valence-electron chi connectivity index (χ2n) is 19.6. The number of hydrogen-bond acceptors (Lipinski definition) is 8. The van der Waals surface area contributed by atoms with Crippen LogP contribution in [0.15, 0.2) is 171 Å². The largest absolute Gasteiger partial charge is 0.404 e. The molecule has 13 heteroatoms. The second kappa shape index (κ2) is 28.8. The molecule has 13 nitrogen and oxygen atoms in total. The fourth-order valence-electron chi connectivity index (χ4n) is 9.71. The highest BCUT2D eigenvalue weighted by molar-refractivity contribution is 6.21. The molecular weight excluding hydrogens is 1010 g/mol. The van der Waals surface area contributed by atoms with Gasteiger partial charge in [-0.05, 0) is 60.7 Å². The summed E-state index contributed by atoms with van der Waals surface area (Å²) in [5, 5.41) is 28.6. The molecule has 0 amide bonds. The summed E-state index contributed by atoms with van der Waals surface area (Å²) in [5.41, 5.74) is 14.2. The molecule has 7 aliphatic rings. The number of nitrogens with two attached hydrogens (primary N) is 1. The third-order valence-corrected chi connectivity index (χ3v) is 12.2. The van der Waals surface area contributed by atoms with Crippen LogP contribution in [-0.4, -0.2) is 53.3 Å². The fourth-order valence-corrected chi connectivity index (χ4v) is 9.71. The van der Waals surface area contributed by atoms with Gasteiger partial charge < -0.3 is 5.73 Å². The van der Waals surface area contributed by atoms with Gasteiger partial charge in [-0.2, -0.15) is 19.7 Å². The van der Waals surface area contributed by atoms with Crippen LogP contribution in [0.2, 0.25) is 0 Å². The maximum absolute atomic E-state index is 8.45. The molecule has 9 heterocycles. The van der Waals surface area contributed by atoms with Crippen molar-refractivity contribution in [2.75, 3.05) is 0 Å². The van der Waals surface area contributed by atoms with E-state index in [1.165, 1.54) is 38.5 Å². The zero-order valence-corrected chi connectivity index (χ0v) is 50.6. The summed E-state index contributed by atoms with van der Waals surface area (Å²) in [6.07, 6.45) is 7.50. The lowest BCUT2D eigenvalue weighted by molar-refractivity contribution is -0.790. The van der Waals surface area contributed by atoms with E-state index in [1.54, 1.807) is 24.3 Å². The van der Waals surface area contributed by atoms with Crippen molar-refractivity contribution < 1.29 is 9.15 Å². The van der Waals surface area contributed by atoms with Crippen molar-refractivity contribution in [3.8, 4) is 12.1 Å². The average molecular weight is 1090 g/mol. The van der Waals surface area contributed by atoms with Crippen LogP contribution in [0.3, 0.4) is 0 Å². The number of fused-ring (bicyclic) bond motifs is 13. The van der Waals surface area contributed by atoms with Crippen molar-refractivity contribution in [3.63, 3.8) is 0 Å². The Balaban J connectivity index is 0.000000216. The highest BCUT2D eigenvalue weighted by atomic mass is 15.7. The van der Waals surface area contributed by atoms with Gasteiger partial charge in [-0.1, -0.05) is 240 Å². The molecular formula is C69H81N13+2. The van der Waals surface area contributed by atoms with Crippen molar-refractivity contribution in [1.82, 2.24) is 9.13 Å². The summed E-state index contributed by atoms with van der Waals surface area (Å²) >= 11 is 0. The smallest absolute Gasteiger partial charge is 0.383 e. The third-order valence-electron chi connectivity index (χ3n) is 12.2. The molecule has 6 aromatic carbocycles. The van der Waals surface area contributed by atoms with E-state index in [9.17, 15) is 0 Å². The summed E-state index contributed by atoms with van der Waals surface area (Å²) in [6, 6.07) is 52.0. The minimum absolute atomic E-state index is 0.262. The molecule has 0 saturated heterocycles. The summed E-state index contributed by atoms with van der Waals surface area (Å²) in [5.74, 6) is 5.17. The van der Waals surface area contributed by atoms with Crippen molar-refractivity contribution in [2.24, 2.45) is 30.7 Å². The Bertz CT molecular complexity index is 3770. The predicted octanol–water partition coefficient (Wildman–Crippen LogP) is 15.4. The van der Waals surface area contributed by atoms with E-state index in [1.807, 2.05) is 50.3 Å². The van der Waals surface area contributed by atoms with E-state index in [4.69, 9.17) is 41.6 Å². The van der Waals surface area contributed by atoms with E-state index >= 15 is 0 Å². The van der Waals surface area contributed by atoms with Gasteiger partial charge in [0.15, 0.2) is 5.84 Å². The van der Waals surface area contributed by atoms with Gasteiger partial charge in [-0.3, -0.25) is 5.41 Å². The number of nitrogens with one attached hydrogen (secondary N) is 1. The first kappa shape index (κ1) is 62.0. The normalized spacial score (nSPS) is 13.5. The van der Waals surface area contributed by atoms with Gasteiger partial charge >= 0.3 is 5.91 Å². The van der Waals surface area contributed by atoms with Crippen molar-refractivity contribution in [1.29, 1.82) is 15.9 Å².